The van der Waals surface area contributed by atoms with Crippen LogP contribution in [0.2, 0.25) is 0 Å². The van der Waals surface area contributed by atoms with E-state index in [1.54, 1.807) is 24.4 Å². The van der Waals surface area contributed by atoms with Crippen molar-refractivity contribution in [1.29, 1.82) is 0 Å². The zero-order valence-electron chi connectivity index (χ0n) is 14.8. The number of amides is 2. The van der Waals surface area contributed by atoms with E-state index in [1.807, 2.05) is 0 Å². The predicted molar refractivity (Wildman–Crippen MR) is 95.3 cm³/mol. The van der Waals surface area contributed by atoms with Gasteiger partial charge in [-0.15, -0.1) is 0 Å². The minimum atomic E-state index is -0.577. The van der Waals surface area contributed by atoms with Crippen LogP contribution in [0.1, 0.15) is 16.8 Å². The summed E-state index contributed by atoms with van der Waals surface area (Å²) in [6.45, 7) is -0.119. The number of carbonyl (C=O) groups excluding carboxylic acids is 2. The van der Waals surface area contributed by atoms with Crippen LogP contribution in [0.3, 0.4) is 0 Å². The SMILES string of the molecule is COc1cc2c(OCC[C@H]3NC(=O)[C@@H]4[C@H](CF)[C@@H]43)nccc2cc1C(N)=O. The molecule has 1 aromatic heterocycles. The van der Waals surface area contributed by atoms with E-state index in [2.05, 4.69) is 10.3 Å². The van der Waals surface area contributed by atoms with E-state index in [-0.39, 0.29) is 35.3 Å². The van der Waals surface area contributed by atoms with E-state index in [0.29, 0.717) is 30.0 Å². The maximum atomic E-state index is 12.9. The maximum absolute atomic E-state index is 12.9. The number of primary amides is 1. The van der Waals surface area contributed by atoms with Crippen molar-refractivity contribution in [2.75, 3.05) is 20.4 Å². The first-order valence-electron chi connectivity index (χ1n) is 8.81. The first kappa shape index (κ1) is 17.5. The quantitative estimate of drug-likeness (QED) is 0.764. The highest BCUT2D eigenvalue weighted by atomic mass is 19.1. The zero-order valence-corrected chi connectivity index (χ0v) is 14.8. The lowest BCUT2D eigenvalue weighted by Crippen LogP contribution is -2.34. The number of alkyl halides is 1. The molecule has 27 heavy (non-hydrogen) atoms. The number of rotatable bonds is 7. The molecule has 1 saturated heterocycles. The number of hydrogen-bond acceptors (Lipinski definition) is 5. The molecular formula is C19H20FN3O4. The minimum Gasteiger partial charge on any atom is -0.496 e. The first-order valence-corrected chi connectivity index (χ1v) is 8.81. The van der Waals surface area contributed by atoms with Crippen LogP contribution in [0, 0.1) is 17.8 Å². The number of benzene rings is 1. The van der Waals surface area contributed by atoms with Gasteiger partial charge in [0.1, 0.15) is 5.75 Å². The Morgan fingerprint density at radius 1 is 1.41 bits per heavy atom. The molecule has 2 amide bonds. The molecule has 2 aromatic rings. The second-order valence-corrected chi connectivity index (χ2v) is 6.93. The Hall–Kier alpha value is -2.90. The summed E-state index contributed by atoms with van der Waals surface area (Å²) < 4.78 is 24.0. The molecule has 4 rings (SSSR count). The van der Waals surface area contributed by atoms with Crippen molar-refractivity contribution in [2.45, 2.75) is 12.5 Å². The summed E-state index contributed by atoms with van der Waals surface area (Å²) in [4.78, 5) is 27.6. The Labute approximate surface area is 155 Å². The van der Waals surface area contributed by atoms with Gasteiger partial charge in [0.25, 0.3) is 5.91 Å². The normalized spacial score (nSPS) is 25.8. The van der Waals surface area contributed by atoms with E-state index < -0.39 is 12.6 Å². The van der Waals surface area contributed by atoms with Crippen LogP contribution in [0.5, 0.6) is 11.6 Å². The zero-order chi connectivity index (χ0) is 19.1. The lowest BCUT2D eigenvalue weighted by molar-refractivity contribution is -0.121. The standard InChI is InChI=1S/C19H20FN3O4/c1-26-14-7-10-9(6-11(14)17(21)24)2-4-22-19(10)27-5-3-13-15-12(8-20)16(15)18(25)23-13/h2,4,6-7,12-13,15-16H,3,5,8H2,1H3,(H2,21,24)(H,23,25)/t12-,13-,15-,16-/m1/s1. The van der Waals surface area contributed by atoms with Gasteiger partial charge < -0.3 is 20.5 Å². The van der Waals surface area contributed by atoms with Crippen molar-refractivity contribution >= 4 is 22.6 Å². The van der Waals surface area contributed by atoms with Crippen LogP contribution < -0.4 is 20.5 Å². The third-order valence-electron chi connectivity index (χ3n) is 5.48. The molecule has 4 atom stereocenters. The van der Waals surface area contributed by atoms with Crippen LogP contribution in [0.15, 0.2) is 24.4 Å². The van der Waals surface area contributed by atoms with Gasteiger partial charge in [0.05, 0.1) is 26.0 Å². The largest absolute Gasteiger partial charge is 0.496 e. The highest BCUT2D eigenvalue weighted by molar-refractivity contribution is 6.01. The van der Waals surface area contributed by atoms with E-state index >= 15 is 0 Å². The summed E-state index contributed by atoms with van der Waals surface area (Å²) in [7, 11) is 1.46. The van der Waals surface area contributed by atoms with Crippen molar-refractivity contribution in [2.24, 2.45) is 23.5 Å². The van der Waals surface area contributed by atoms with Crippen LogP contribution in [0.4, 0.5) is 4.39 Å². The number of ether oxygens (including phenoxy) is 2. The lowest BCUT2D eigenvalue weighted by Gasteiger charge is -2.16. The highest BCUT2D eigenvalue weighted by Gasteiger charge is 2.62. The number of aromatic nitrogens is 1. The summed E-state index contributed by atoms with van der Waals surface area (Å²) in [5, 5.41) is 4.35. The Kier molecular flexibility index (Phi) is 4.33. The Morgan fingerprint density at radius 2 is 2.22 bits per heavy atom. The molecule has 2 heterocycles. The fourth-order valence-corrected chi connectivity index (χ4v) is 4.09. The number of halogens is 1. The van der Waals surface area contributed by atoms with Gasteiger partial charge >= 0.3 is 0 Å². The number of nitrogens with zero attached hydrogens (tertiary/aromatic N) is 1. The lowest BCUT2D eigenvalue weighted by atomic mass is 10.1. The molecule has 2 aliphatic rings. The van der Waals surface area contributed by atoms with Crippen LogP contribution in [-0.4, -0.2) is 43.2 Å². The fourth-order valence-electron chi connectivity index (χ4n) is 4.09. The molecule has 142 valence electrons. The summed E-state index contributed by atoms with van der Waals surface area (Å²) >= 11 is 0. The van der Waals surface area contributed by atoms with Crippen LogP contribution in [0.25, 0.3) is 10.8 Å². The van der Waals surface area contributed by atoms with Gasteiger partial charge in [-0.25, -0.2) is 4.98 Å². The van der Waals surface area contributed by atoms with Crippen LogP contribution >= 0.6 is 0 Å². The van der Waals surface area contributed by atoms with Gasteiger partial charge in [-0.05, 0) is 29.5 Å². The number of nitrogens with one attached hydrogen (secondary N) is 1. The first-order chi connectivity index (χ1) is 13.0. The number of fused-ring (bicyclic) bond motifs is 2. The van der Waals surface area contributed by atoms with Crippen molar-refractivity contribution in [3.05, 3.63) is 30.0 Å². The predicted octanol–water partition coefficient (Wildman–Crippen LogP) is 1.44. The topological polar surface area (TPSA) is 104 Å². The smallest absolute Gasteiger partial charge is 0.252 e. The van der Waals surface area contributed by atoms with E-state index in [9.17, 15) is 14.0 Å². The number of nitrogens with two attached hydrogens (primary N) is 1. The Morgan fingerprint density at radius 3 is 2.89 bits per heavy atom. The molecule has 0 spiro atoms. The molecule has 8 heteroatoms. The van der Waals surface area contributed by atoms with Gasteiger partial charge in [-0.1, -0.05) is 0 Å². The third kappa shape index (κ3) is 2.94. The molecule has 7 nitrogen and oxygen atoms in total. The Balaban J connectivity index is 1.49. The summed E-state index contributed by atoms with van der Waals surface area (Å²) in [5.74, 6) is -0.123. The molecule has 0 bridgehead atoms. The van der Waals surface area contributed by atoms with Crippen molar-refractivity contribution in [3.63, 3.8) is 0 Å². The highest BCUT2D eigenvalue weighted by Crippen LogP contribution is 2.53. The number of pyridine rings is 1. The molecule has 0 unspecified atom stereocenters. The minimum absolute atomic E-state index is 0.0559. The molecule has 2 fully saturated rings. The van der Waals surface area contributed by atoms with E-state index in [1.165, 1.54) is 7.11 Å². The maximum Gasteiger partial charge on any atom is 0.252 e. The van der Waals surface area contributed by atoms with Gasteiger partial charge in [-0.3, -0.25) is 14.0 Å². The second-order valence-electron chi connectivity index (χ2n) is 6.93. The summed E-state index contributed by atoms with van der Waals surface area (Å²) in [5.41, 5.74) is 5.68. The summed E-state index contributed by atoms with van der Waals surface area (Å²) in [6, 6.07) is 5.01. The monoisotopic (exact) mass is 373 g/mol. The van der Waals surface area contributed by atoms with Crippen LogP contribution in [-0.2, 0) is 4.79 Å². The molecule has 0 radical (unpaired) electrons. The van der Waals surface area contributed by atoms with Gasteiger partial charge in [0.15, 0.2) is 0 Å². The fraction of sp³-hybridized carbons (Fsp3) is 0.421. The molecule has 1 aromatic carbocycles. The number of carbonyl (C=O) groups is 2. The number of methoxy groups -OCH3 is 1. The van der Waals surface area contributed by atoms with Gasteiger partial charge in [-0.2, -0.15) is 0 Å². The van der Waals surface area contributed by atoms with Gasteiger partial charge in [0.2, 0.25) is 11.8 Å². The third-order valence-corrected chi connectivity index (χ3v) is 5.48. The second kappa shape index (κ2) is 6.68. The summed E-state index contributed by atoms with van der Waals surface area (Å²) in [6.07, 6.45) is 2.17. The molecule has 3 N–H and O–H groups in total. The molecule has 1 aliphatic carbocycles. The molecule has 1 aliphatic heterocycles. The Bertz CT molecular complexity index is 919. The number of piperidine rings is 1. The number of hydrogen-bond donors (Lipinski definition) is 2. The average Bonchev–Trinajstić information content (AvgIpc) is 3.32. The van der Waals surface area contributed by atoms with Crippen molar-refractivity contribution in [1.82, 2.24) is 10.3 Å². The molecule has 1 saturated carbocycles. The van der Waals surface area contributed by atoms with Crippen molar-refractivity contribution < 1.29 is 23.5 Å². The van der Waals surface area contributed by atoms with Crippen molar-refractivity contribution in [3.8, 4) is 11.6 Å². The van der Waals surface area contributed by atoms with E-state index in [0.717, 1.165) is 5.39 Å². The molecular weight excluding hydrogens is 353 g/mol. The average molecular weight is 373 g/mol. The van der Waals surface area contributed by atoms with E-state index in [4.69, 9.17) is 15.2 Å². The van der Waals surface area contributed by atoms with Gasteiger partial charge in [0, 0.05) is 35.9 Å².